The maximum atomic E-state index is 12.3. The Hall–Kier alpha value is -0.150. The van der Waals surface area contributed by atoms with Gasteiger partial charge in [0.15, 0.2) is 5.03 Å². The molecule has 1 aromatic heterocycles. The Morgan fingerprint density at radius 1 is 1.06 bits per heavy atom. The molecule has 92 valence electrons. The molecule has 1 aromatic rings. The van der Waals surface area contributed by atoms with E-state index in [1.165, 1.54) is 6.07 Å². The third-order valence-electron chi connectivity index (χ3n) is 0.939. The number of pyridine rings is 1. The fourth-order valence-electron chi connectivity index (χ4n) is 0.525. The second kappa shape index (κ2) is 5.97. The molecule has 11 heteroatoms. The predicted molar refractivity (Wildman–Crippen MR) is 57.9 cm³/mol. The Bertz CT molecular complexity index is 551. The van der Waals surface area contributed by atoms with E-state index in [0.29, 0.717) is 0 Å². The van der Waals surface area contributed by atoms with Crippen molar-refractivity contribution in [3.63, 3.8) is 0 Å². The van der Waals surface area contributed by atoms with Gasteiger partial charge < -0.3 is 0 Å². The number of hydrogen-bond acceptors (Lipinski definition) is 5. The number of rotatable bonds is 1. The lowest BCUT2D eigenvalue weighted by atomic mass is 10.5. The van der Waals surface area contributed by atoms with Crippen LogP contribution in [0.2, 0.25) is 0 Å². The van der Waals surface area contributed by atoms with E-state index in [1.807, 2.05) is 0 Å². The van der Waals surface area contributed by atoms with Crippen molar-refractivity contribution in [3.05, 3.63) is 24.1 Å². The number of nitrogens with zero attached hydrogens (tertiary/aromatic N) is 1. The molecule has 1 rings (SSSR count). The Labute approximate surface area is 104 Å². The molecule has 0 fully saturated rings. The van der Waals surface area contributed by atoms with Gasteiger partial charge in [0.2, 0.25) is 5.95 Å². The number of hydrogen-bond donors (Lipinski definition) is 0. The molecular weight excluding hydrogens is 328 g/mol. The van der Waals surface area contributed by atoms with Crippen molar-refractivity contribution in [1.82, 2.24) is 4.98 Å². The number of halogens is 4. The fourth-order valence-corrected chi connectivity index (χ4v) is 1.22. The molecule has 0 N–H and O–H groups in total. The van der Waals surface area contributed by atoms with Gasteiger partial charge in [0.25, 0.3) is 9.05 Å². The molecule has 0 aliphatic rings. The molecule has 0 saturated heterocycles. The largest absolute Gasteiger partial charge is 0.317 e. The minimum absolute atomic E-state index is 0.473. The molecule has 0 atom stereocenters. The van der Waals surface area contributed by atoms with Gasteiger partial charge in [0, 0.05) is 32.0 Å². The summed E-state index contributed by atoms with van der Waals surface area (Å²) in [5, 5.41) is -0.473. The molecule has 0 aliphatic carbocycles. The molecule has 0 aromatic carbocycles. The lowest BCUT2D eigenvalue weighted by Gasteiger charge is -1.92. The normalized spacial score (nSPS) is 11.5. The van der Waals surface area contributed by atoms with Crippen molar-refractivity contribution in [3.8, 4) is 0 Å². The van der Waals surface area contributed by atoms with Crippen LogP contribution in [0.4, 0.5) is 4.39 Å². The lowest BCUT2D eigenvalue weighted by Crippen LogP contribution is -1.95. The zero-order valence-electron chi connectivity index (χ0n) is 7.14. The van der Waals surface area contributed by atoms with Crippen LogP contribution in [0.5, 0.6) is 0 Å². The van der Waals surface area contributed by atoms with Gasteiger partial charge in [-0.3, -0.25) is 0 Å². The average Bonchev–Trinajstić information content (AvgIpc) is 1.99. The van der Waals surface area contributed by atoms with Crippen LogP contribution >= 0.6 is 32.0 Å². The summed E-state index contributed by atoms with van der Waals surface area (Å²) in [7, 11) is 5.78. The van der Waals surface area contributed by atoms with Crippen molar-refractivity contribution in [2.24, 2.45) is 0 Å². The summed E-state index contributed by atoms with van der Waals surface area (Å²) in [6.45, 7) is 0. The highest BCUT2D eigenvalue weighted by molar-refractivity contribution is 8.31. The van der Waals surface area contributed by atoms with E-state index in [9.17, 15) is 12.8 Å². The topological polar surface area (TPSA) is 81.2 Å². The van der Waals surface area contributed by atoms with Crippen LogP contribution in [-0.4, -0.2) is 21.8 Å². The standard InChI is InChI=1S/C5H3ClFNO2S.Cl2O2S/c6-11(9,10)5-3-1-2-4(7)8-5;1-5(2,3)4/h1-3H;. The van der Waals surface area contributed by atoms with Crippen LogP contribution in [0.15, 0.2) is 23.2 Å². The molecule has 0 amide bonds. The zero-order valence-corrected chi connectivity index (χ0v) is 11.0. The lowest BCUT2D eigenvalue weighted by molar-refractivity contribution is 0.561. The van der Waals surface area contributed by atoms with Crippen LogP contribution in [0.3, 0.4) is 0 Å². The summed E-state index contributed by atoms with van der Waals surface area (Å²) >= 11 is 0. The van der Waals surface area contributed by atoms with Gasteiger partial charge >= 0.3 is 8.26 Å². The zero-order chi connectivity index (χ0) is 13.0. The van der Waals surface area contributed by atoms with Gasteiger partial charge in [-0.1, -0.05) is 6.07 Å². The van der Waals surface area contributed by atoms with Crippen molar-refractivity contribution in [2.45, 2.75) is 5.03 Å². The average molecular weight is 331 g/mol. The minimum atomic E-state index is -3.90. The third-order valence-corrected chi connectivity index (χ3v) is 2.14. The molecule has 0 spiro atoms. The first-order chi connectivity index (χ1) is 7.00. The van der Waals surface area contributed by atoms with E-state index in [4.69, 9.17) is 19.1 Å². The van der Waals surface area contributed by atoms with Gasteiger partial charge in [-0.05, 0) is 12.1 Å². The second-order valence-corrected chi connectivity index (χ2v) is 8.30. The quantitative estimate of drug-likeness (QED) is 0.580. The second-order valence-electron chi connectivity index (χ2n) is 2.11. The fraction of sp³-hybridized carbons (Fsp3) is 0. The van der Waals surface area contributed by atoms with Crippen molar-refractivity contribution in [2.75, 3.05) is 0 Å². The summed E-state index contributed by atoms with van der Waals surface area (Å²) in [6, 6.07) is 3.37. The molecule has 5 nitrogen and oxygen atoms in total. The van der Waals surface area contributed by atoms with Crippen LogP contribution < -0.4 is 0 Å². The molecule has 1 heterocycles. The van der Waals surface area contributed by atoms with Gasteiger partial charge in [0.05, 0.1) is 0 Å². The third kappa shape index (κ3) is 9.10. The van der Waals surface area contributed by atoms with Crippen LogP contribution in [0, 0.1) is 5.95 Å². The molecule has 0 unspecified atom stereocenters. The first kappa shape index (κ1) is 15.9. The van der Waals surface area contributed by atoms with Gasteiger partial charge in [0.1, 0.15) is 0 Å². The molecular formula is C5H3Cl3FNO4S2. The SMILES string of the molecule is O=S(=O)(Cl)Cl.O=S(=O)(Cl)c1cccc(F)n1. The van der Waals surface area contributed by atoms with Gasteiger partial charge in [-0.2, -0.15) is 12.8 Å². The Balaban J connectivity index is 0.000000385. The monoisotopic (exact) mass is 329 g/mol. The predicted octanol–water partition coefficient (Wildman–Crippen LogP) is 1.86. The first-order valence-electron chi connectivity index (χ1n) is 3.21. The minimum Gasteiger partial charge on any atom is -0.207 e. The summed E-state index contributed by atoms with van der Waals surface area (Å²) in [4.78, 5) is 3.06. The molecule has 0 radical (unpaired) electrons. The highest BCUT2D eigenvalue weighted by Crippen LogP contribution is 2.10. The van der Waals surface area contributed by atoms with Gasteiger partial charge in [-0.25, -0.2) is 13.4 Å². The Kier molecular flexibility index (Phi) is 5.91. The number of aromatic nitrogens is 1. The molecule has 16 heavy (non-hydrogen) atoms. The summed E-state index contributed by atoms with van der Waals surface area (Å²) in [6.07, 6.45) is 0. The van der Waals surface area contributed by atoms with E-state index < -0.39 is 28.3 Å². The van der Waals surface area contributed by atoms with E-state index in [1.54, 1.807) is 0 Å². The van der Waals surface area contributed by atoms with Crippen molar-refractivity contribution in [1.29, 1.82) is 0 Å². The summed E-state index contributed by atoms with van der Waals surface area (Å²) in [5.74, 6) is -0.869. The Morgan fingerprint density at radius 2 is 1.50 bits per heavy atom. The molecule has 0 aliphatic heterocycles. The van der Waals surface area contributed by atoms with E-state index in [-0.39, 0.29) is 0 Å². The van der Waals surface area contributed by atoms with Crippen molar-refractivity contribution >= 4 is 49.4 Å². The van der Waals surface area contributed by atoms with E-state index >= 15 is 0 Å². The van der Waals surface area contributed by atoms with Crippen LogP contribution in [0.25, 0.3) is 0 Å². The van der Waals surface area contributed by atoms with E-state index in [0.717, 1.165) is 12.1 Å². The first-order valence-corrected chi connectivity index (χ1v) is 8.66. The van der Waals surface area contributed by atoms with Gasteiger partial charge in [-0.15, -0.1) is 0 Å². The highest BCUT2D eigenvalue weighted by atomic mass is 36.0. The highest BCUT2D eigenvalue weighted by Gasteiger charge is 2.11. The van der Waals surface area contributed by atoms with Crippen LogP contribution in [-0.2, 0) is 17.3 Å². The Morgan fingerprint density at radius 3 is 1.75 bits per heavy atom. The van der Waals surface area contributed by atoms with E-state index in [2.05, 4.69) is 26.3 Å². The summed E-state index contributed by atoms with van der Waals surface area (Å²) < 4.78 is 51.6. The smallest absolute Gasteiger partial charge is 0.207 e. The maximum absolute atomic E-state index is 12.3. The molecule has 0 bridgehead atoms. The van der Waals surface area contributed by atoms with Crippen LogP contribution in [0.1, 0.15) is 0 Å². The molecule has 0 saturated carbocycles. The van der Waals surface area contributed by atoms with Crippen molar-refractivity contribution < 1.29 is 21.2 Å². The maximum Gasteiger partial charge on any atom is 0.317 e. The summed E-state index contributed by atoms with van der Waals surface area (Å²) in [5.41, 5.74) is 0.